The Kier molecular flexibility index (Phi) is 3.70. The Morgan fingerprint density at radius 3 is 2.90 bits per heavy atom. The summed E-state index contributed by atoms with van der Waals surface area (Å²) in [6, 6.07) is 6.84. The van der Waals surface area contributed by atoms with Crippen LogP contribution in [-0.4, -0.2) is 17.1 Å². The van der Waals surface area contributed by atoms with Crippen molar-refractivity contribution in [2.24, 2.45) is 0 Å². The standard InChI is InChI=1S/C15H14FN3OS/c1-9(10-3-4-13(20-2)12(16)7-10)19-14-11-5-6-21-15(11)18-8-17-14/h3-9H,1-2H3,(H,17,18,19)/t9-/m0/s1. The van der Waals surface area contributed by atoms with Crippen molar-refractivity contribution in [3.8, 4) is 5.75 Å². The van der Waals surface area contributed by atoms with Crippen molar-refractivity contribution >= 4 is 27.4 Å². The number of nitrogens with one attached hydrogen (secondary N) is 1. The van der Waals surface area contributed by atoms with E-state index in [1.807, 2.05) is 24.4 Å². The highest BCUT2D eigenvalue weighted by Crippen LogP contribution is 2.28. The lowest BCUT2D eigenvalue weighted by Gasteiger charge is -2.16. The Morgan fingerprint density at radius 2 is 2.14 bits per heavy atom. The predicted molar refractivity (Wildman–Crippen MR) is 82.4 cm³/mol. The normalized spacial score (nSPS) is 12.3. The molecule has 0 unspecified atom stereocenters. The van der Waals surface area contributed by atoms with Crippen LogP contribution in [0.3, 0.4) is 0 Å². The van der Waals surface area contributed by atoms with Crippen LogP contribution in [0.25, 0.3) is 10.2 Å². The smallest absolute Gasteiger partial charge is 0.165 e. The van der Waals surface area contributed by atoms with Crippen molar-refractivity contribution in [3.05, 3.63) is 47.4 Å². The van der Waals surface area contributed by atoms with Gasteiger partial charge in [-0.15, -0.1) is 11.3 Å². The Labute approximate surface area is 125 Å². The summed E-state index contributed by atoms with van der Waals surface area (Å²) in [6.07, 6.45) is 1.53. The molecule has 0 aliphatic rings. The molecule has 21 heavy (non-hydrogen) atoms. The van der Waals surface area contributed by atoms with Crippen LogP contribution >= 0.6 is 11.3 Å². The Bertz CT molecular complexity index is 774. The van der Waals surface area contributed by atoms with Gasteiger partial charge in [0.1, 0.15) is 17.0 Å². The molecular weight excluding hydrogens is 289 g/mol. The zero-order valence-corrected chi connectivity index (χ0v) is 12.4. The molecule has 0 fully saturated rings. The zero-order chi connectivity index (χ0) is 14.8. The van der Waals surface area contributed by atoms with Crippen LogP contribution in [0.15, 0.2) is 36.0 Å². The fourth-order valence-corrected chi connectivity index (χ4v) is 2.88. The molecule has 2 aromatic heterocycles. The van der Waals surface area contributed by atoms with Gasteiger partial charge in [0, 0.05) is 0 Å². The van der Waals surface area contributed by atoms with Gasteiger partial charge in [0.2, 0.25) is 0 Å². The van der Waals surface area contributed by atoms with Crippen molar-refractivity contribution in [3.63, 3.8) is 0 Å². The van der Waals surface area contributed by atoms with E-state index in [2.05, 4.69) is 15.3 Å². The number of hydrogen-bond donors (Lipinski definition) is 1. The number of halogens is 1. The average molecular weight is 303 g/mol. The monoisotopic (exact) mass is 303 g/mol. The molecule has 2 heterocycles. The second-order valence-electron chi connectivity index (χ2n) is 4.62. The highest BCUT2D eigenvalue weighted by molar-refractivity contribution is 7.16. The SMILES string of the molecule is COc1ccc([C@H](C)Nc2ncnc3sccc23)cc1F. The van der Waals surface area contributed by atoms with Crippen molar-refractivity contribution in [2.75, 3.05) is 12.4 Å². The number of aromatic nitrogens is 2. The third-order valence-corrected chi connectivity index (χ3v) is 4.11. The van der Waals surface area contributed by atoms with Crippen LogP contribution in [0.1, 0.15) is 18.5 Å². The molecule has 0 aliphatic heterocycles. The second kappa shape index (κ2) is 5.65. The molecule has 0 aliphatic carbocycles. The molecular formula is C15H14FN3OS. The fourth-order valence-electron chi connectivity index (χ4n) is 2.15. The van der Waals surface area contributed by atoms with E-state index in [4.69, 9.17) is 4.74 Å². The van der Waals surface area contributed by atoms with Gasteiger partial charge in [0.25, 0.3) is 0 Å². The fraction of sp³-hybridized carbons (Fsp3) is 0.200. The van der Waals surface area contributed by atoms with Gasteiger partial charge in [0.05, 0.1) is 18.5 Å². The number of rotatable bonds is 4. The first-order valence-electron chi connectivity index (χ1n) is 6.47. The lowest BCUT2D eigenvalue weighted by molar-refractivity contribution is 0.386. The van der Waals surface area contributed by atoms with E-state index in [-0.39, 0.29) is 17.6 Å². The molecule has 4 nitrogen and oxygen atoms in total. The number of ether oxygens (including phenoxy) is 1. The molecule has 0 bridgehead atoms. The van der Waals surface area contributed by atoms with Gasteiger partial charge in [-0.3, -0.25) is 0 Å². The zero-order valence-electron chi connectivity index (χ0n) is 11.6. The van der Waals surface area contributed by atoms with Gasteiger partial charge in [0.15, 0.2) is 11.6 Å². The molecule has 108 valence electrons. The number of thiophene rings is 1. The molecule has 1 aromatic carbocycles. The van der Waals surface area contributed by atoms with E-state index in [1.54, 1.807) is 17.4 Å². The molecule has 3 aromatic rings. The summed E-state index contributed by atoms with van der Waals surface area (Å²) in [5.74, 6) is 0.630. The number of benzene rings is 1. The molecule has 6 heteroatoms. The molecule has 0 amide bonds. The van der Waals surface area contributed by atoms with Crippen molar-refractivity contribution in [2.45, 2.75) is 13.0 Å². The predicted octanol–water partition coefficient (Wildman–Crippen LogP) is 4.01. The molecule has 0 spiro atoms. The maximum absolute atomic E-state index is 13.8. The van der Waals surface area contributed by atoms with Crippen LogP contribution in [0.2, 0.25) is 0 Å². The third-order valence-electron chi connectivity index (χ3n) is 3.29. The molecule has 0 radical (unpaired) electrons. The lowest BCUT2D eigenvalue weighted by Crippen LogP contribution is -2.08. The molecule has 3 rings (SSSR count). The first-order valence-corrected chi connectivity index (χ1v) is 7.35. The number of anilines is 1. The molecule has 1 N–H and O–H groups in total. The van der Waals surface area contributed by atoms with Crippen LogP contribution < -0.4 is 10.1 Å². The van der Waals surface area contributed by atoms with E-state index in [1.165, 1.54) is 19.5 Å². The minimum absolute atomic E-state index is 0.0802. The summed E-state index contributed by atoms with van der Waals surface area (Å²) >= 11 is 1.56. The minimum Gasteiger partial charge on any atom is -0.494 e. The number of fused-ring (bicyclic) bond motifs is 1. The van der Waals surface area contributed by atoms with Crippen molar-refractivity contribution in [1.29, 1.82) is 0 Å². The van der Waals surface area contributed by atoms with Crippen molar-refractivity contribution in [1.82, 2.24) is 9.97 Å². The quantitative estimate of drug-likeness (QED) is 0.791. The molecule has 0 saturated carbocycles. The van der Waals surface area contributed by atoms with Crippen LogP contribution in [0, 0.1) is 5.82 Å². The van der Waals surface area contributed by atoms with Crippen molar-refractivity contribution < 1.29 is 9.13 Å². The number of hydrogen-bond acceptors (Lipinski definition) is 5. The Morgan fingerprint density at radius 1 is 1.29 bits per heavy atom. The van der Waals surface area contributed by atoms with Gasteiger partial charge in [-0.05, 0) is 36.1 Å². The number of methoxy groups -OCH3 is 1. The first-order chi connectivity index (χ1) is 10.2. The van der Waals surface area contributed by atoms with E-state index >= 15 is 0 Å². The van der Waals surface area contributed by atoms with Gasteiger partial charge >= 0.3 is 0 Å². The minimum atomic E-state index is -0.369. The summed E-state index contributed by atoms with van der Waals surface area (Å²) in [5, 5.41) is 6.25. The molecule has 1 atom stereocenters. The average Bonchev–Trinajstić information content (AvgIpc) is 2.96. The summed E-state index contributed by atoms with van der Waals surface area (Å²) in [4.78, 5) is 9.41. The summed E-state index contributed by atoms with van der Waals surface area (Å²) in [7, 11) is 1.45. The van der Waals surface area contributed by atoms with Gasteiger partial charge in [-0.25, -0.2) is 14.4 Å². The maximum atomic E-state index is 13.8. The summed E-state index contributed by atoms with van der Waals surface area (Å²) in [5.41, 5.74) is 0.829. The first kappa shape index (κ1) is 13.8. The summed E-state index contributed by atoms with van der Waals surface area (Å²) in [6.45, 7) is 1.96. The second-order valence-corrected chi connectivity index (χ2v) is 5.52. The number of nitrogens with zero attached hydrogens (tertiary/aromatic N) is 2. The van der Waals surface area contributed by atoms with E-state index in [9.17, 15) is 4.39 Å². The third kappa shape index (κ3) is 2.67. The summed E-state index contributed by atoms with van der Waals surface area (Å²) < 4.78 is 18.7. The van der Waals surface area contributed by atoms with Crippen LogP contribution in [0.4, 0.5) is 10.2 Å². The van der Waals surface area contributed by atoms with Gasteiger partial charge < -0.3 is 10.1 Å². The highest BCUT2D eigenvalue weighted by Gasteiger charge is 2.12. The molecule has 0 saturated heterocycles. The van der Waals surface area contributed by atoms with Gasteiger partial charge in [-0.1, -0.05) is 6.07 Å². The van der Waals surface area contributed by atoms with Crippen LogP contribution in [0.5, 0.6) is 5.75 Å². The van der Waals surface area contributed by atoms with Gasteiger partial charge in [-0.2, -0.15) is 0 Å². The lowest BCUT2D eigenvalue weighted by atomic mass is 10.1. The Balaban J connectivity index is 1.87. The van der Waals surface area contributed by atoms with Crippen LogP contribution in [-0.2, 0) is 0 Å². The largest absolute Gasteiger partial charge is 0.494 e. The Hall–Kier alpha value is -2.21. The highest BCUT2D eigenvalue weighted by atomic mass is 32.1. The maximum Gasteiger partial charge on any atom is 0.165 e. The topological polar surface area (TPSA) is 47.0 Å². The van der Waals surface area contributed by atoms with E-state index in [0.29, 0.717) is 0 Å². The van der Waals surface area contributed by atoms with E-state index < -0.39 is 0 Å². The van der Waals surface area contributed by atoms with E-state index in [0.717, 1.165) is 21.6 Å².